The molecule has 2 heterocycles. The number of carbonyl (C=O) groups is 2. The van der Waals surface area contributed by atoms with Gasteiger partial charge in [-0.05, 0) is 63.2 Å². The lowest BCUT2D eigenvalue weighted by molar-refractivity contribution is -0.131. The van der Waals surface area contributed by atoms with Crippen LogP contribution in [0.1, 0.15) is 31.9 Å². The van der Waals surface area contributed by atoms with Crippen molar-refractivity contribution >= 4 is 22.8 Å². The number of pyridine rings is 1. The number of nitrogens with zero attached hydrogens (tertiary/aromatic N) is 2. The van der Waals surface area contributed by atoms with Crippen LogP contribution in [0.3, 0.4) is 0 Å². The molecular formula is C24H30FN5O2. The Morgan fingerprint density at radius 1 is 1.09 bits per heavy atom. The van der Waals surface area contributed by atoms with Gasteiger partial charge in [0, 0.05) is 36.8 Å². The molecule has 0 fully saturated rings. The fraction of sp³-hybridized carbons (Fsp3) is 0.375. The first-order valence-electron chi connectivity index (χ1n) is 10.7. The van der Waals surface area contributed by atoms with Crippen molar-refractivity contribution in [1.29, 1.82) is 0 Å². The lowest BCUT2D eigenvalue weighted by atomic mass is 10.0. The highest BCUT2D eigenvalue weighted by atomic mass is 19.1. The van der Waals surface area contributed by atoms with Crippen molar-refractivity contribution in [2.45, 2.75) is 51.9 Å². The highest BCUT2D eigenvalue weighted by Gasteiger charge is 2.26. The molecule has 0 aliphatic rings. The van der Waals surface area contributed by atoms with E-state index >= 15 is 0 Å². The molecule has 0 radical (unpaired) electrons. The number of hydrogen-bond donors (Lipinski definition) is 3. The largest absolute Gasteiger partial charge is 0.350 e. The molecule has 32 heavy (non-hydrogen) atoms. The van der Waals surface area contributed by atoms with Crippen LogP contribution in [-0.2, 0) is 22.6 Å². The molecule has 0 saturated heterocycles. The fourth-order valence-electron chi connectivity index (χ4n) is 3.38. The molecule has 2 aromatic heterocycles. The Morgan fingerprint density at radius 2 is 1.81 bits per heavy atom. The number of fused-ring (bicyclic) bond motifs is 1. The van der Waals surface area contributed by atoms with Crippen molar-refractivity contribution in [1.82, 2.24) is 25.5 Å². The normalized spacial score (nSPS) is 13.3. The molecule has 3 rings (SSSR count). The van der Waals surface area contributed by atoms with Gasteiger partial charge in [-0.25, -0.2) is 9.37 Å². The average molecular weight is 440 g/mol. The highest BCUT2D eigenvalue weighted by molar-refractivity contribution is 5.90. The summed E-state index contributed by atoms with van der Waals surface area (Å²) >= 11 is 0. The maximum absolute atomic E-state index is 13.3. The number of benzene rings is 1. The number of amides is 2. The Balaban J connectivity index is 1.71. The molecule has 3 aromatic rings. The van der Waals surface area contributed by atoms with Crippen molar-refractivity contribution in [3.05, 3.63) is 65.7 Å². The molecule has 0 saturated carbocycles. The van der Waals surface area contributed by atoms with Crippen LogP contribution >= 0.6 is 0 Å². The molecule has 1 unspecified atom stereocenters. The SMILES string of the molecule is CC(C)N(C)C(C)C(=O)N[C@@H](Cc1ccc(F)cc1)C(=O)NCc1cnc2[nH]ccc2c1. The molecule has 8 heteroatoms. The number of carbonyl (C=O) groups excluding carboxylic acids is 2. The quantitative estimate of drug-likeness (QED) is 0.478. The van der Waals surface area contributed by atoms with Crippen LogP contribution in [0.15, 0.2) is 48.8 Å². The lowest BCUT2D eigenvalue weighted by Crippen LogP contribution is -2.53. The Bertz CT molecular complexity index is 1060. The summed E-state index contributed by atoms with van der Waals surface area (Å²) in [5.74, 6) is -0.895. The summed E-state index contributed by atoms with van der Waals surface area (Å²) in [6.45, 7) is 6.09. The number of aromatic amines is 1. The first kappa shape index (κ1) is 23.4. The Kier molecular flexibility index (Phi) is 7.58. The van der Waals surface area contributed by atoms with E-state index < -0.39 is 12.1 Å². The predicted octanol–water partition coefficient (Wildman–Crippen LogP) is 2.77. The van der Waals surface area contributed by atoms with E-state index in [0.717, 1.165) is 22.2 Å². The molecule has 3 N–H and O–H groups in total. The van der Waals surface area contributed by atoms with Crippen LogP contribution in [0.5, 0.6) is 0 Å². The fourth-order valence-corrected chi connectivity index (χ4v) is 3.38. The van der Waals surface area contributed by atoms with Crippen LogP contribution < -0.4 is 10.6 Å². The summed E-state index contributed by atoms with van der Waals surface area (Å²) in [7, 11) is 1.87. The van der Waals surface area contributed by atoms with Gasteiger partial charge < -0.3 is 15.6 Å². The maximum atomic E-state index is 13.3. The second kappa shape index (κ2) is 10.4. The standard InChI is InChI=1S/C24H30FN5O2/c1-15(2)30(4)16(3)23(31)29-21(12-17-5-7-20(25)8-6-17)24(32)28-14-18-11-19-9-10-26-22(19)27-13-18/h5-11,13,15-16,21H,12,14H2,1-4H3,(H,26,27)(H,28,32)(H,29,31)/t16?,21-/m0/s1. The summed E-state index contributed by atoms with van der Waals surface area (Å²) in [4.78, 5) is 35.1. The molecule has 7 nitrogen and oxygen atoms in total. The summed E-state index contributed by atoms with van der Waals surface area (Å²) in [6, 6.07) is 8.78. The molecule has 0 aliphatic carbocycles. The molecule has 2 amide bonds. The average Bonchev–Trinajstić information content (AvgIpc) is 3.25. The lowest BCUT2D eigenvalue weighted by Gasteiger charge is -2.29. The van der Waals surface area contributed by atoms with Crippen molar-refractivity contribution in [3.63, 3.8) is 0 Å². The van der Waals surface area contributed by atoms with Gasteiger partial charge >= 0.3 is 0 Å². The molecule has 0 bridgehead atoms. The van der Waals surface area contributed by atoms with Crippen LogP contribution in [0, 0.1) is 5.82 Å². The number of nitrogens with one attached hydrogen (secondary N) is 3. The minimum atomic E-state index is -0.792. The van der Waals surface area contributed by atoms with Crippen molar-refractivity contribution in [2.75, 3.05) is 7.05 Å². The number of halogens is 1. The Hall–Kier alpha value is -3.26. The van der Waals surface area contributed by atoms with Gasteiger partial charge in [-0.15, -0.1) is 0 Å². The summed E-state index contributed by atoms with van der Waals surface area (Å²) in [6.07, 6.45) is 3.76. The van der Waals surface area contributed by atoms with Gasteiger partial charge in [-0.2, -0.15) is 0 Å². The summed E-state index contributed by atoms with van der Waals surface area (Å²) in [5, 5.41) is 6.72. The molecular weight excluding hydrogens is 409 g/mol. The third-order valence-corrected chi connectivity index (χ3v) is 5.71. The van der Waals surface area contributed by atoms with E-state index in [1.54, 1.807) is 25.3 Å². The third-order valence-electron chi connectivity index (χ3n) is 5.71. The number of rotatable bonds is 9. The zero-order valence-corrected chi connectivity index (χ0v) is 18.9. The Labute approximate surface area is 187 Å². The Morgan fingerprint density at radius 3 is 2.50 bits per heavy atom. The van der Waals surface area contributed by atoms with Crippen LogP contribution in [-0.4, -0.2) is 51.9 Å². The smallest absolute Gasteiger partial charge is 0.243 e. The predicted molar refractivity (Wildman–Crippen MR) is 122 cm³/mol. The van der Waals surface area contributed by atoms with E-state index in [4.69, 9.17) is 0 Å². The second-order valence-electron chi connectivity index (χ2n) is 8.30. The molecule has 2 atom stereocenters. The molecule has 1 aromatic carbocycles. The van der Waals surface area contributed by atoms with Gasteiger partial charge in [0.15, 0.2) is 0 Å². The van der Waals surface area contributed by atoms with Gasteiger partial charge in [0.1, 0.15) is 17.5 Å². The molecule has 170 valence electrons. The number of hydrogen-bond acceptors (Lipinski definition) is 4. The van der Waals surface area contributed by atoms with Crippen molar-refractivity contribution in [3.8, 4) is 0 Å². The third kappa shape index (κ3) is 5.91. The van der Waals surface area contributed by atoms with E-state index in [9.17, 15) is 14.0 Å². The second-order valence-corrected chi connectivity index (χ2v) is 8.30. The molecule has 0 aliphatic heterocycles. The molecule has 0 spiro atoms. The van der Waals surface area contributed by atoms with Gasteiger partial charge in [0.25, 0.3) is 0 Å². The number of likely N-dealkylation sites (N-methyl/N-ethyl adjacent to an activating group) is 1. The van der Waals surface area contributed by atoms with E-state index in [0.29, 0.717) is 0 Å². The maximum Gasteiger partial charge on any atom is 0.243 e. The first-order chi connectivity index (χ1) is 15.2. The van der Waals surface area contributed by atoms with Gasteiger partial charge in [0.05, 0.1) is 6.04 Å². The zero-order chi connectivity index (χ0) is 23.3. The first-order valence-corrected chi connectivity index (χ1v) is 10.7. The van der Waals surface area contributed by atoms with E-state index in [2.05, 4.69) is 20.6 Å². The van der Waals surface area contributed by atoms with Crippen LogP contribution in [0.2, 0.25) is 0 Å². The van der Waals surface area contributed by atoms with Crippen molar-refractivity contribution in [2.24, 2.45) is 0 Å². The highest BCUT2D eigenvalue weighted by Crippen LogP contribution is 2.12. The van der Waals surface area contributed by atoms with Crippen LogP contribution in [0.25, 0.3) is 11.0 Å². The van der Waals surface area contributed by atoms with E-state index in [-0.39, 0.29) is 36.6 Å². The minimum Gasteiger partial charge on any atom is -0.350 e. The van der Waals surface area contributed by atoms with Gasteiger partial charge in [-0.1, -0.05) is 12.1 Å². The van der Waals surface area contributed by atoms with Crippen molar-refractivity contribution < 1.29 is 14.0 Å². The van der Waals surface area contributed by atoms with E-state index in [1.807, 2.05) is 44.1 Å². The summed E-state index contributed by atoms with van der Waals surface area (Å²) in [5.41, 5.74) is 2.39. The monoisotopic (exact) mass is 439 g/mol. The number of H-pyrrole nitrogens is 1. The minimum absolute atomic E-state index is 0.177. The van der Waals surface area contributed by atoms with E-state index in [1.165, 1.54) is 12.1 Å². The zero-order valence-electron chi connectivity index (χ0n) is 18.9. The van der Waals surface area contributed by atoms with Crippen LogP contribution in [0.4, 0.5) is 4.39 Å². The summed E-state index contributed by atoms with van der Waals surface area (Å²) < 4.78 is 13.3. The number of aromatic nitrogens is 2. The topological polar surface area (TPSA) is 90.1 Å². The van der Waals surface area contributed by atoms with Gasteiger partial charge in [-0.3, -0.25) is 14.5 Å². The van der Waals surface area contributed by atoms with Gasteiger partial charge in [0.2, 0.25) is 11.8 Å².